The molecule has 1 N–H and O–H groups in total. The summed E-state index contributed by atoms with van der Waals surface area (Å²) < 4.78 is 44.9. The van der Waals surface area contributed by atoms with E-state index in [2.05, 4.69) is 5.32 Å². The number of carbonyl (C=O) groups excluding carboxylic acids is 1. The number of methoxy groups -OCH3 is 1. The number of hydrogen-bond donors (Lipinski definition) is 1. The highest BCUT2D eigenvalue weighted by atomic mass is 19.2. The summed E-state index contributed by atoms with van der Waals surface area (Å²) in [6, 6.07) is 8.28. The van der Waals surface area contributed by atoms with Crippen LogP contribution in [0.4, 0.5) is 13.2 Å². The molecule has 0 aliphatic carbocycles. The zero-order valence-electron chi connectivity index (χ0n) is 12.7. The molecule has 0 aliphatic rings. The van der Waals surface area contributed by atoms with Crippen LogP contribution in [0, 0.1) is 17.5 Å². The number of nitrogens with one attached hydrogen (secondary N) is 1. The fraction of sp³-hybridized carbons (Fsp3) is 0.235. The first-order chi connectivity index (χ1) is 11.0. The van der Waals surface area contributed by atoms with Crippen LogP contribution >= 0.6 is 0 Å². The van der Waals surface area contributed by atoms with E-state index >= 15 is 0 Å². The van der Waals surface area contributed by atoms with Crippen LogP contribution in [0.1, 0.15) is 35.3 Å². The number of benzene rings is 2. The van der Waals surface area contributed by atoms with Gasteiger partial charge in [0.05, 0.1) is 18.7 Å². The average Bonchev–Trinajstić information content (AvgIpc) is 2.57. The number of hydrogen-bond acceptors (Lipinski definition) is 2. The standard InChI is InChI=1S/C17H16F3NO2/c1-3-14(10-4-6-11(23-2)7-5-10)21-17(22)12-8-9-13(18)16(20)15(12)19/h4-9,14H,3H2,1-2H3,(H,21,22). The molecule has 0 heterocycles. The first kappa shape index (κ1) is 16.9. The Balaban J connectivity index is 2.21. The summed E-state index contributed by atoms with van der Waals surface area (Å²) in [6.07, 6.45) is 0.545. The zero-order valence-corrected chi connectivity index (χ0v) is 12.7. The van der Waals surface area contributed by atoms with Crippen molar-refractivity contribution in [2.45, 2.75) is 19.4 Å². The lowest BCUT2D eigenvalue weighted by Gasteiger charge is -2.18. The van der Waals surface area contributed by atoms with Crippen LogP contribution in [0.25, 0.3) is 0 Å². The molecule has 0 saturated heterocycles. The molecule has 3 nitrogen and oxygen atoms in total. The SMILES string of the molecule is CCC(NC(=O)c1ccc(F)c(F)c1F)c1ccc(OC)cc1. The molecule has 0 bridgehead atoms. The second-order valence-electron chi connectivity index (χ2n) is 4.93. The molecule has 1 unspecified atom stereocenters. The maximum Gasteiger partial charge on any atom is 0.254 e. The minimum absolute atomic E-state index is 0.388. The molecule has 0 spiro atoms. The fourth-order valence-electron chi connectivity index (χ4n) is 2.19. The van der Waals surface area contributed by atoms with Crippen molar-refractivity contribution >= 4 is 5.91 Å². The molecule has 2 aromatic carbocycles. The molecule has 23 heavy (non-hydrogen) atoms. The van der Waals surface area contributed by atoms with Crippen molar-refractivity contribution in [1.82, 2.24) is 5.32 Å². The fourth-order valence-corrected chi connectivity index (χ4v) is 2.19. The Kier molecular flexibility index (Phi) is 5.26. The molecule has 122 valence electrons. The predicted octanol–water partition coefficient (Wildman–Crippen LogP) is 3.99. The summed E-state index contributed by atoms with van der Waals surface area (Å²) in [5.74, 6) is -4.62. The van der Waals surface area contributed by atoms with E-state index in [-0.39, 0.29) is 6.04 Å². The molecule has 1 amide bonds. The van der Waals surface area contributed by atoms with Crippen LogP contribution in [-0.4, -0.2) is 13.0 Å². The second kappa shape index (κ2) is 7.17. The van der Waals surface area contributed by atoms with Crippen LogP contribution < -0.4 is 10.1 Å². The summed E-state index contributed by atoms with van der Waals surface area (Å²) in [7, 11) is 1.54. The molecule has 6 heteroatoms. The quantitative estimate of drug-likeness (QED) is 0.845. The number of rotatable bonds is 5. The summed E-state index contributed by atoms with van der Waals surface area (Å²) in [6.45, 7) is 1.84. The van der Waals surface area contributed by atoms with Gasteiger partial charge in [-0.05, 0) is 36.2 Å². The number of amides is 1. The molecule has 0 fully saturated rings. The van der Waals surface area contributed by atoms with Crippen LogP contribution in [0.15, 0.2) is 36.4 Å². The van der Waals surface area contributed by atoms with Crippen molar-refractivity contribution in [3.8, 4) is 5.75 Å². The molecule has 0 aliphatic heterocycles. The average molecular weight is 323 g/mol. The molecular formula is C17H16F3NO2. The van der Waals surface area contributed by atoms with Crippen LogP contribution in [-0.2, 0) is 0 Å². The summed E-state index contributed by atoms with van der Waals surface area (Å²) in [5.41, 5.74) is 0.264. The van der Waals surface area contributed by atoms with Gasteiger partial charge in [-0.3, -0.25) is 4.79 Å². The number of halogens is 3. The van der Waals surface area contributed by atoms with Crippen molar-refractivity contribution < 1.29 is 22.7 Å². The maximum atomic E-state index is 13.7. The van der Waals surface area contributed by atoms with Gasteiger partial charge in [-0.2, -0.15) is 0 Å². The molecule has 2 aromatic rings. The van der Waals surface area contributed by atoms with Crippen molar-refractivity contribution in [3.05, 3.63) is 65.0 Å². The van der Waals surface area contributed by atoms with Crippen LogP contribution in [0.3, 0.4) is 0 Å². The molecular weight excluding hydrogens is 307 g/mol. The van der Waals surface area contributed by atoms with Gasteiger partial charge < -0.3 is 10.1 Å². The van der Waals surface area contributed by atoms with E-state index in [0.717, 1.165) is 17.7 Å². The van der Waals surface area contributed by atoms with E-state index in [0.29, 0.717) is 12.2 Å². The third-order valence-corrected chi connectivity index (χ3v) is 3.51. The van der Waals surface area contributed by atoms with Gasteiger partial charge in [0.1, 0.15) is 5.75 Å². The molecule has 0 saturated carbocycles. The van der Waals surface area contributed by atoms with E-state index in [9.17, 15) is 18.0 Å². The van der Waals surface area contributed by atoms with Crippen molar-refractivity contribution in [2.75, 3.05) is 7.11 Å². The Morgan fingerprint density at radius 2 is 1.74 bits per heavy atom. The summed E-state index contributed by atoms with van der Waals surface area (Å²) in [5, 5.41) is 2.62. The number of ether oxygens (including phenoxy) is 1. The maximum absolute atomic E-state index is 13.7. The van der Waals surface area contributed by atoms with E-state index in [1.807, 2.05) is 6.92 Å². The van der Waals surface area contributed by atoms with E-state index in [4.69, 9.17) is 4.74 Å². The summed E-state index contributed by atoms with van der Waals surface area (Å²) in [4.78, 5) is 12.1. The normalized spacial score (nSPS) is 11.9. The Morgan fingerprint density at radius 3 is 2.30 bits per heavy atom. The number of carbonyl (C=O) groups is 1. The van der Waals surface area contributed by atoms with Gasteiger partial charge in [0.2, 0.25) is 0 Å². The van der Waals surface area contributed by atoms with Gasteiger partial charge in [0.15, 0.2) is 17.5 Å². The molecule has 2 rings (SSSR count). The predicted molar refractivity (Wildman–Crippen MR) is 79.8 cm³/mol. The van der Waals surface area contributed by atoms with Gasteiger partial charge in [0, 0.05) is 0 Å². The third-order valence-electron chi connectivity index (χ3n) is 3.51. The van der Waals surface area contributed by atoms with Crippen LogP contribution in [0.5, 0.6) is 5.75 Å². The monoisotopic (exact) mass is 323 g/mol. The topological polar surface area (TPSA) is 38.3 Å². The van der Waals surface area contributed by atoms with Gasteiger partial charge in [-0.15, -0.1) is 0 Å². The lowest BCUT2D eigenvalue weighted by atomic mass is 10.0. The Labute approximate surface area is 132 Å². The van der Waals surface area contributed by atoms with Gasteiger partial charge in [0.25, 0.3) is 5.91 Å². The first-order valence-corrected chi connectivity index (χ1v) is 7.06. The largest absolute Gasteiger partial charge is 0.497 e. The zero-order chi connectivity index (χ0) is 17.0. The Bertz CT molecular complexity index is 702. The van der Waals surface area contributed by atoms with E-state index < -0.39 is 28.9 Å². The van der Waals surface area contributed by atoms with E-state index in [1.54, 1.807) is 31.4 Å². The first-order valence-electron chi connectivity index (χ1n) is 7.06. The highest BCUT2D eigenvalue weighted by molar-refractivity contribution is 5.94. The van der Waals surface area contributed by atoms with Gasteiger partial charge in [-0.1, -0.05) is 19.1 Å². The molecule has 0 aromatic heterocycles. The molecule has 1 atom stereocenters. The smallest absolute Gasteiger partial charge is 0.254 e. The van der Waals surface area contributed by atoms with Crippen LogP contribution in [0.2, 0.25) is 0 Å². The van der Waals surface area contributed by atoms with Gasteiger partial charge in [-0.25, -0.2) is 13.2 Å². The highest BCUT2D eigenvalue weighted by Gasteiger charge is 2.21. The lowest BCUT2D eigenvalue weighted by molar-refractivity contribution is 0.0930. The minimum Gasteiger partial charge on any atom is -0.497 e. The third kappa shape index (κ3) is 3.64. The van der Waals surface area contributed by atoms with Crippen molar-refractivity contribution in [1.29, 1.82) is 0 Å². The van der Waals surface area contributed by atoms with Crippen molar-refractivity contribution in [2.24, 2.45) is 0 Å². The van der Waals surface area contributed by atoms with Crippen molar-refractivity contribution in [3.63, 3.8) is 0 Å². The second-order valence-corrected chi connectivity index (χ2v) is 4.93. The highest BCUT2D eigenvalue weighted by Crippen LogP contribution is 2.22. The Morgan fingerprint density at radius 1 is 1.09 bits per heavy atom. The van der Waals surface area contributed by atoms with Gasteiger partial charge >= 0.3 is 0 Å². The lowest BCUT2D eigenvalue weighted by Crippen LogP contribution is -2.29. The summed E-state index contributed by atoms with van der Waals surface area (Å²) >= 11 is 0. The minimum atomic E-state index is -1.66. The Hall–Kier alpha value is -2.50. The molecule has 0 radical (unpaired) electrons. The van der Waals surface area contributed by atoms with E-state index in [1.165, 1.54) is 0 Å².